The molecule has 0 bridgehead atoms. The molecule has 0 saturated heterocycles. The molecule has 0 atom stereocenters. The summed E-state index contributed by atoms with van der Waals surface area (Å²) in [7, 11) is 0. The van der Waals surface area contributed by atoms with E-state index >= 15 is 0 Å². The Morgan fingerprint density at radius 3 is 2.84 bits per heavy atom. The van der Waals surface area contributed by atoms with Crippen molar-refractivity contribution in [3.63, 3.8) is 0 Å². The number of amides is 1. The van der Waals surface area contributed by atoms with Gasteiger partial charge in [-0.2, -0.15) is 4.99 Å². The van der Waals surface area contributed by atoms with Gasteiger partial charge in [0.2, 0.25) is 0 Å². The van der Waals surface area contributed by atoms with Crippen LogP contribution in [0, 0.1) is 0 Å². The number of unbranched alkanes of at least 4 members (excludes halogenated alkanes) is 2. The van der Waals surface area contributed by atoms with Gasteiger partial charge in [0.25, 0.3) is 5.91 Å². The predicted molar refractivity (Wildman–Crippen MR) is 129 cm³/mol. The number of hydrogen-bond acceptors (Lipinski definition) is 3. The summed E-state index contributed by atoms with van der Waals surface area (Å²) in [5, 5.41) is 2.34. The van der Waals surface area contributed by atoms with E-state index < -0.39 is 0 Å². The van der Waals surface area contributed by atoms with Gasteiger partial charge >= 0.3 is 0 Å². The fraction of sp³-hybridized carbons (Fsp3) is 0.231. The Hall–Kier alpha value is -3.18. The van der Waals surface area contributed by atoms with Crippen LogP contribution in [0.5, 0.6) is 5.75 Å². The molecule has 4 rings (SSSR count). The number of allylic oxidation sites excluding steroid dienone is 1. The van der Waals surface area contributed by atoms with Crippen molar-refractivity contribution in [2.24, 2.45) is 4.99 Å². The molecule has 1 heterocycles. The van der Waals surface area contributed by atoms with Gasteiger partial charge < -0.3 is 9.30 Å². The maximum absolute atomic E-state index is 13.0. The summed E-state index contributed by atoms with van der Waals surface area (Å²) >= 11 is 1.54. The molecule has 0 N–H and O–H groups in total. The van der Waals surface area contributed by atoms with Crippen molar-refractivity contribution >= 4 is 38.2 Å². The average Bonchev–Trinajstić information content (AvgIpc) is 3.14. The number of thiazole rings is 1. The number of carbonyl (C=O) groups is 1. The lowest BCUT2D eigenvalue weighted by Crippen LogP contribution is -2.16. The number of rotatable bonds is 8. The third kappa shape index (κ3) is 4.62. The number of hydrogen-bond donors (Lipinski definition) is 0. The minimum absolute atomic E-state index is 0.271. The van der Waals surface area contributed by atoms with Crippen LogP contribution in [0.1, 0.15) is 36.5 Å². The Morgan fingerprint density at radius 1 is 1.13 bits per heavy atom. The smallest absolute Gasteiger partial charge is 0.279 e. The topological polar surface area (TPSA) is 43.6 Å². The minimum atomic E-state index is -0.271. The summed E-state index contributed by atoms with van der Waals surface area (Å²) in [5.74, 6) is 0.436. The average molecular weight is 431 g/mol. The molecule has 1 amide bonds. The molecule has 0 fully saturated rings. The summed E-state index contributed by atoms with van der Waals surface area (Å²) in [6.45, 7) is 7.29. The summed E-state index contributed by atoms with van der Waals surface area (Å²) < 4.78 is 8.97. The van der Waals surface area contributed by atoms with E-state index in [4.69, 9.17) is 4.74 Å². The highest BCUT2D eigenvalue weighted by atomic mass is 32.1. The number of ether oxygens (including phenoxy) is 1. The highest BCUT2D eigenvalue weighted by Gasteiger charge is 2.11. The van der Waals surface area contributed by atoms with Crippen LogP contribution >= 0.6 is 11.3 Å². The van der Waals surface area contributed by atoms with Crippen LogP contribution in [0.2, 0.25) is 0 Å². The van der Waals surface area contributed by atoms with Crippen LogP contribution in [0.4, 0.5) is 0 Å². The van der Waals surface area contributed by atoms with Crippen molar-refractivity contribution in [3.05, 3.63) is 83.7 Å². The monoisotopic (exact) mass is 430 g/mol. The third-order valence-electron chi connectivity index (χ3n) is 5.18. The van der Waals surface area contributed by atoms with E-state index in [0.29, 0.717) is 29.3 Å². The van der Waals surface area contributed by atoms with E-state index in [-0.39, 0.29) is 5.91 Å². The number of carbonyl (C=O) groups excluding carboxylic acids is 1. The second-order valence-corrected chi connectivity index (χ2v) is 8.40. The zero-order valence-corrected chi connectivity index (χ0v) is 18.5. The molecule has 0 unspecified atom stereocenters. The van der Waals surface area contributed by atoms with Crippen molar-refractivity contribution < 1.29 is 9.53 Å². The van der Waals surface area contributed by atoms with Crippen molar-refractivity contribution in [1.29, 1.82) is 0 Å². The summed E-state index contributed by atoms with van der Waals surface area (Å²) in [5.41, 5.74) is 1.59. The normalized spacial score (nSPS) is 11.8. The number of fused-ring (bicyclic) bond motifs is 3. The van der Waals surface area contributed by atoms with Crippen molar-refractivity contribution in [1.82, 2.24) is 4.57 Å². The summed E-state index contributed by atoms with van der Waals surface area (Å²) in [6, 6.07) is 19.8. The fourth-order valence-electron chi connectivity index (χ4n) is 3.60. The van der Waals surface area contributed by atoms with E-state index in [1.54, 1.807) is 12.1 Å². The van der Waals surface area contributed by atoms with E-state index in [1.807, 2.05) is 34.9 Å². The van der Waals surface area contributed by atoms with E-state index in [1.165, 1.54) is 22.1 Å². The second kappa shape index (κ2) is 9.75. The third-order valence-corrected chi connectivity index (χ3v) is 6.31. The van der Waals surface area contributed by atoms with Crippen LogP contribution < -0.4 is 9.54 Å². The molecule has 5 heteroatoms. The van der Waals surface area contributed by atoms with Crippen LogP contribution in [0.3, 0.4) is 0 Å². The Balaban J connectivity index is 1.71. The largest absolute Gasteiger partial charge is 0.494 e. The van der Waals surface area contributed by atoms with Gasteiger partial charge in [-0.25, -0.2) is 0 Å². The second-order valence-electron chi connectivity index (χ2n) is 7.42. The number of aromatic nitrogens is 1. The van der Waals surface area contributed by atoms with Crippen molar-refractivity contribution in [2.75, 3.05) is 6.61 Å². The molecule has 0 saturated carbocycles. The standard InChI is InChI=1S/C26H26N2O2S/c1-3-5-8-17-30-21-12-9-11-20(18-21)25(29)27-26-28(16-4-2)23-15-14-19-10-6-7-13-22(19)24(23)31-26/h4,6-7,9-15,18H,2-3,5,8,16-17H2,1H3. The van der Waals surface area contributed by atoms with Gasteiger partial charge in [-0.05, 0) is 36.1 Å². The Bertz CT molecular complexity index is 1300. The van der Waals surface area contributed by atoms with Gasteiger partial charge in [-0.15, -0.1) is 6.58 Å². The molecule has 31 heavy (non-hydrogen) atoms. The molecule has 0 radical (unpaired) electrons. The lowest BCUT2D eigenvalue weighted by molar-refractivity contribution is 0.0997. The molecule has 0 aliphatic rings. The van der Waals surface area contributed by atoms with Crippen LogP contribution in [-0.4, -0.2) is 17.1 Å². The minimum Gasteiger partial charge on any atom is -0.494 e. The number of benzene rings is 3. The molecular formula is C26H26N2O2S. The van der Waals surface area contributed by atoms with Gasteiger partial charge in [0, 0.05) is 17.5 Å². The van der Waals surface area contributed by atoms with Gasteiger partial charge in [0.1, 0.15) is 5.75 Å². The SMILES string of the molecule is C=CCn1c(=NC(=O)c2cccc(OCCCCC)c2)sc2c3ccccc3ccc21. The molecule has 4 nitrogen and oxygen atoms in total. The first-order valence-corrected chi connectivity index (χ1v) is 11.5. The molecule has 4 aromatic rings. The lowest BCUT2D eigenvalue weighted by Gasteiger charge is -2.06. The number of nitrogens with zero attached hydrogens (tertiary/aromatic N) is 2. The lowest BCUT2D eigenvalue weighted by atomic mass is 10.1. The van der Waals surface area contributed by atoms with Crippen LogP contribution in [0.25, 0.3) is 21.0 Å². The maximum Gasteiger partial charge on any atom is 0.279 e. The molecule has 158 valence electrons. The first-order valence-electron chi connectivity index (χ1n) is 10.6. The summed E-state index contributed by atoms with van der Waals surface area (Å²) in [4.78, 5) is 18.1. The van der Waals surface area contributed by atoms with Gasteiger partial charge in [-0.1, -0.05) is 73.6 Å². The summed E-state index contributed by atoms with van der Waals surface area (Å²) in [6.07, 6.45) is 5.12. The first-order chi connectivity index (χ1) is 15.2. The maximum atomic E-state index is 13.0. The van der Waals surface area contributed by atoms with E-state index in [0.717, 1.165) is 29.5 Å². The molecule has 3 aromatic carbocycles. The predicted octanol–water partition coefficient (Wildman–Crippen LogP) is 6.35. The molecular weight excluding hydrogens is 404 g/mol. The van der Waals surface area contributed by atoms with E-state index in [9.17, 15) is 4.79 Å². The van der Waals surface area contributed by atoms with Crippen LogP contribution in [-0.2, 0) is 6.54 Å². The van der Waals surface area contributed by atoms with Crippen molar-refractivity contribution in [3.8, 4) is 5.75 Å². The zero-order valence-electron chi connectivity index (χ0n) is 17.7. The quantitative estimate of drug-likeness (QED) is 0.241. The highest BCUT2D eigenvalue weighted by Crippen LogP contribution is 2.27. The fourth-order valence-corrected chi connectivity index (χ4v) is 4.77. The van der Waals surface area contributed by atoms with Gasteiger partial charge in [-0.3, -0.25) is 4.79 Å². The van der Waals surface area contributed by atoms with Crippen LogP contribution in [0.15, 0.2) is 78.3 Å². The Morgan fingerprint density at radius 2 is 2.00 bits per heavy atom. The molecule has 0 aliphatic heterocycles. The highest BCUT2D eigenvalue weighted by molar-refractivity contribution is 7.17. The zero-order chi connectivity index (χ0) is 21.6. The van der Waals surface area contributed by atoms with E-state index in [2.05, 4.69) is 42.8 Å². The molecule has 0 spiro atoms. The van der Waals surface area contributed by atoms with Crippen molar-refractivity contribution in [2.45, 2.75) is 32.7 Å². The van der Waals surface area contributed by atoms with Gasteiger partial charge in [0.15, 0.2) is 4.80 Å². The Kier molecular flexibility index (Phi) is 6.63. The molecule has 0 aliphatic carbocycles. The Labute approximate surface area is 186 Å². The molecule has 1 aromatic heterocycles. The first kappa shape index (κ1) is 21.1. The van der Waals surface area contributed by atoms with Gasteiger partial charge in [0.05, 0.1) is 16.8 Å².